The Hall–Kier alpha value is -3.02. The molecule has 1 aliphatic carbocycles. The first kappa shape index (κ1) is 33.5. The molecule has 0 radical (unpaired) electrons. The molecule has 1 aromatic heterocycles. The number of aliphatic hydroxyl groups excluding tert-OH is 2. The highest BCUT2D eigenvalue weighted by molar-refractivity contribution is 5.79. The summed E-state index contributed by atoms with van der Waals surface area (Å²) < 4.78 is 6.00. The van der Waals surface area contributed by atoms with Crippen LogP contribution in [0.25, 0.3) is 0 Å². The smallest absolute Gasteiger partial charge is 0.308 e. The monoisotopic (exact) mass is 579 g/mol. The average Bonchev–Trinajstić information content (AvgIpc) is 3.45. The Balaban J connectivity index is 1.81. The molecule has 3 rings (SSSR count). The van der Waals surface area contributed by atoms with Crippen molar-refractivity contribution in [3.8, 4) is 6.07 Å². The second-order valence-electron chi connectivity index (χ2n) is 12.8. The number of carbonyl (C=O) groups is 2. The molecular formula is C34H49N3O5. The predicted octanol–water partition coefficient (Wildman–Crippen LogP) is 5.26. The van der Waals surface area contributed by atoms with E-state index in [1.54, 1.807) is 24.5 Å². The average molecular weight is 580 g/mol. The van der Waals surface area contributed by atoms with E-state index in [1.165, 1.54) is 0 Å². The first-order chi connectivity index (χ1) is 20.1. The van der Waals surface area contributed by atoms with E-state index >= 15 is 0 Å². The molecule has 1 aromatic rings. The molecule has 0 saturated heterocycles. The maximum Gasteiger partial charge on any atom is 0.308 e. The number of nitrogens with zero attached hydrogens (tertiary/aromatic N) is 2. The van der Waals surface area contributed by atoms with Crippen LogP contribution >= 0.6 is 0 Å². The highest BCUT2D eigenvalue weighted by atomic mass is 16.5. The lowest BCUT2D eigenvalue weighted by atomic mass is 9.82. The molecule has 1 amide bonds. The molecule has 0 unspecified atom stereocenters. The van der Waals surface area contributed by atoms with E-state index in [4.69, 9.17) is 4.74 Å². The molecule has 8 heteroatoms. The van der Waals surface area contributed by atoms with Crippen LogP contribution in [0.2, 0.25) is 0 Å². The van der Waals surface area contributed by atoms with E-state index in [-0.39, 0.29) is 36.0 Å². The number of cyclic esters (lactones) is 1. The van der Waals surface area contributed by atoms with Crippen molar-refractivity contribution >= 4 is 11.9 Å². The molecule has 2 aliphatic rings. The minimum atomic E-state index is -0.867. The molecule has 230 valence electrons. The van der Waals surface area contributed by atoms with Gasteiger partial charge in [0, 0.05) is 37.2 Å². The van der Waals surface area contributed by atoms with Gasteiger partial charge in [0.25, 0.3) is 0 Å². The van der Waals surface area contributed by atoms with Gasteiger partial charge in [0.1, 0.15) is 6.10 Å². The predicted molar refractivity (Wildman–Crippen MR) is 161 cm³/mol. The number of aromatic nitrogens is 1. The van der Waals surface area contributed by atoms with Gasteiger partial charge in [-0.05, 0) is 73.5 Å². The zero-order valence-corrected chi connectivity index (χ0v) is 25.6. The number of rotatable bonds is 4. The number of pyridine rings is 1. The minimum Gasteiger partial charge on any atom is -0.462 e. The number of ether oxygens (including phenoxy) is 1. The number of carbonyl (C=O) groups excluding carboxylic acids is 2. The molecule has 1 saturated carbocycles. The van der Waals surface area contributed by atoms with Crippen LogP contribution < -0.4 is 5.32 Å². The van der Waals surface area contributed by atoms with Crippen molar-refractivity contribution in [3.63, 3.8) is 0 Å². The van der Waals surface area contributed by atoms with Crippen molar-refractivity contribution in [1.29, 1.82) is 5.26 Å². The number of amides is 1. The van der Waals surface area contributed by atoms with E-state index < -0.39 is 24.3 Å². The van der Waals surface area contributed by atoms with Crippen LogP contribution in [-0.4, -0.2) is 45.4 Å². The first-order valence-electron chi connectivity index (χ1n) is 15.6. The molecule has 3 N–H and O–H groups in total. The van der Waals surface area contributed by atoms with Crippen molar-refractivity contribution in [2.75, 3.05) is 0 Å². The summed E-state index contributed by atoms with van der Waals surface area (Å²) in [6, 6.07) is 5.89. The molecule has 1 aliphatic heterocycles. The summed E-state index contributed by atoms with van der Waals surface area (Å²) >= 11 is 0. The Morgan fingerprint density at radius 3 is 2.55 bits per heavy atom. The van der Waals surface area contributed by atoms with Gasteiger partial charge in [-0.2, -0.15) is 5.26 Å². The molecule has 0 spiro atoms. The van der Waals surface area contributed by atoms with E-state index in [1.807, 2.05) is 32.1 Å². The van der Waals surface area contributed by atoms with Gasteiger partial charge >= 0.3 is 5.97 Å². The van der Waals surface area contributed by atoms with Gasteiger partial charge in [-0.3, -0.25) is 14.6 Å². The molecular weight excluding hydrogens is 530 g/mol. The standard InChI is InChI=1S/C34H49N3O5/c1-22-15-23(2)17-25(4)33(40)27(19-35)10-5-6-13-31(42-32(39)18-30(38)24(3)16-22)28-11-7-12-29(28)34(41)37-21-26-9-8-14-36-20-26/h5-6,8-10,14,20,22-25,28-31,33,38,40H,7,11-13,15-18,21H2,1-4H3,(H,37,41)/b6-5+,27-10-/t22-,23+,24-,25-,28+,29+,30-,31-,33+/m0/s1. The third-order valence-electron chi connectivity index (χ3n) is 9.01. The van der Waals surface area contributed by atoms with Gasteiger partial charge in [0.2, 0.25) is 5.91 Å². The molecule has 42 heavy (non-hydrogen) atoms. The fourth-order valence-corrected chi connectivity index (χ4v) is 6.81. The van der Waals surface area contributed by atoms with Gasteiger partial charge in [-0.25, -0.2) is 0 Å². The zero-order chi connectivity index (χ0) is 30.6. The zero-order valence-electron chi connectivity index (χ0n) is 25.6. The quantitative estimate of drug-likeness (QED) is 0.414. The van der Waals surface area contributed by atoms with Crippen molar-refractivity contribution in [3.05, 3.63) is 53.9 Å². The Morgan fingerprint density at radius 2 is 1.86 bits per heavy atom. The normalized spacial score (nSPS) is 35.9. The molecule has 1 fully saturated rings. The Morgan fingerprint density at radius 1 is 1.12 bits per heavy atom. The first-order valence-corrected chi connectivity index (χ1v) is 15.6. The summed E-state index contributed by atoms with van der Waals surface area (Å²) in [6.45, 7) is 8.62. The van der Waals surface area contributed by atoms with Crippen LogP contribution in [0, 0.1) is 46.8 Å². The van der Waals surface area contributed by atoms with Gasteiger partial charge in [0.05, 0.1) is 30.3 Å². The van der Waals surface area contributed by atoms with Gasteiger partial charge in [-0.1, -0.05) is 52.3 Å². The van der Waals surface area contributed by atoms with Crippen molar-refractivity contribution in [2.45, 2.75) is 104 Å². The van der Waals surface area contributed by atoms with E-state index in [9.17, 15) is 25.1 Å². The van der Waals surface area contributed by atoms with Crippen molar-refractivity contribution in [2.24, 2.45) is 35.5 Å². The Kier molecular flexibility index (Phi) is 13.2. The highest BCUT2D eigenvalue weighted by Crippen LogP contribution is 2.37. The van der Waals surface area contributed by atoms with Crippen LogP contribution in [0.5, 0.6) is 0 Å². The fourth-order valence-electron chi connectivity index (χ4n) is 6.81. The van der Waals surface area contributed by atoms with Crippen molar-refractivity contribution < 1.29 is 24.5 Å². The van der Waals surface area contributed by atoms with Crippen LogP contribution in [0.4, 0.5) is 0 Å². The van der Waals surface area contributed by atoms with Crippen LogP contribution in [0.15, 0.2) is 48.3 Å². The maximum absolute atomic E-state index is 13.2. The summed E-state index contributed by atoms with van der Waals surface area (Å²) in [5.41, 5.74) is 1.22. The highest BCUT2D eigenvalue weighted by Gasteiger charge is 2.39. The lowest BCUT2D eigenvalue weighted by Crippen LogP contribution is -2.38. The molecule has 0 aromatic carbocycles. The van der Waals surface area contributed by atoms with Gasteiger partial charge in [-0.15, -0.1) is 0 Å². The third-order valence-corrected chi connectivity index (χ3v) is 9.01. The van der Waals surface area contributed by atoms with Crippen LogP contribution in [0.1, 0.15) is 84.6 Å². The molecule has 0 bridgehead atoms. The largest absolute Gasteiger partial charge is 0.462 e. The van der Waals surface area contributed by atoms with E-state index in [0.717, 1.165) is 37.7 Å². The Bertz CT molecular complexity index is 1110. The second kappa shape index (κ2) is 16.6. The van der Waals surface area contributed by atoms with Crippen LogP contribution in [0.3, 0.4) is 0 Å². The summed E-state index contributed by atoms with van der Waals surface area (Å²) in [6.07, 6.45) is 11.5. The minimum absolute atomic E-state index is 0.0681. The fraction of sp³-hybridized carbons (Fsp3) is 0.647. The number of allylic oxidation sites excluding steroid dienone is 2. The maximum atomic E-state index is 13.2. The SMILES string of the molecule is C[C@@H]1C[C@H](C)C[C@H](C)[C@@H](O)CC(=O)O[C@H]([C@@H]2CCC[C@H]2C(=O)NCc2cccnc2)C/C=C/C=C(/C#N)[C@H](O)[C@@H](C)C1. The summed E-state index contributed by atoms with van der Waals surface area (Å²) in [7, 11) is 0. The molecule has 9 atom stereocenters. The number of nitriles is 1. The topological polar surface area (TPSA) is 133 Å². The summed E-state index contributed by atoms with van der Waals surface area (Å²) in [5, 5.41) is 34.5. The number of hydrogen-bond donors (Lipinski definition) is 3. The molecule has 2 heterocycles. The lowest BCUT2D eigenvalue weighted by molar-refractivity contribution is -0.156. The summed E-state index contributed by atoms with van der Waals surface area (Å²) in [5.74, 6) is -0.484. The number of esters is 1. The van der Waals surface area contributed by atoms with Crippen molar-refractivity contribution in [1.82, 2.24) is 10.3 Å². The number of nitrogens with one attached hydrogen (secondary N) is 1. The van der Waals surface area contributed by atoms with Crippen LogP contribution in [-0.2, 0) is 20.9 Å². The lowest BCUT2D eigenvalue weighted by Gasteiger charge is -2.29. The van der Waals surface area contributed by atoms with E-state index in [0.29, 0.717) is 36.8 Å². The van der Waals surface area contributed by atoms with Gasteiger partial charge < -0.3 is 20.3 Å². The number of aliphatic hydroxyl groups is 2. The molecule has 8 nitrogen and oxygen atoms in total. The third kappa shape index (κ3) is 10.1. The Labute approximate surface area is 251 Å². The number of hydrogen-bond acceptors (Lipinski definition) is 7. The second-order valence-corrected chi connectivity index (χ2v) is 12.8. The van der Waals surface area contributed by atoms with E-state index in [2.05, 4.69) is 30.2 Å². The summed E-state index contributed by atoms with van der Waals surface area (Å²) in [4.78, 5) is 30.4. The van der Waals surface area contributed by atoms with Gasteiger partial charge in [0.15, 0.2) is 0 Å².